The van der Waals surface area contributed by atoms with Gasteiger partial charge in [-0.2, -0.15) is 18.1 Å². The number of hydrogen-bond donors (Lipinski definition) is 3. The second-order valence-corrected chi connectivity index (χ2v) is 8.97. The molecular formula is C18H20F2N4O6S. The summed E-state index contributed by atoms with van der Waals surface area (Å²) in [7, 11) is -3.66. The van der Waals surface area contributed by atoms with Crippen molar-refractivity contribution in [3.05, 3.63) is 41.7 Å². The summed E-state index contributed by atoms with van der Waals surface area (Å²) >= 11 is 0. The van der Waals surface area contributed by atoms with Gasteiger partial charge in [0, 0.05) is 20.0 Å². The van der Waals surface area contributed by atoms with Gasteiger partial charge in [-0.25, -0.2) is 18.2 Å². The number of para-hydroxylation sites is 1. The number of nitrogens with zero attached hydrogens (tertiary/aromatic N) is 3. The Bertz CT molecular complexity index is 1060. The van der Waals surface area contributed by atoms with Crippen molar-refractivity contribution in [2.75, 3.05) is 30.8 Å². The van der Waals surface area contributed by atoms with Crippen LogP contribution in [0.2, 0.25) is 0 Å². The van der Waals surface area contributed by atoms with Crippen LogP contribution in [-0.4, -0.2) is 70.4 Å². The van der Waals surface area contributed by atoms with Crippen molar-refractivity contribution in [3.8, 4) is 11.6 Å². The van der Waals surface area contributed by atoms with E-state index in [2.05, 4.69) is 15.3 Å². The molecule has 0 radical (unpaired) electrons. The molecule has 0 amide bonds. The van der Waals surface area contributed by atoms with E-state index in [1.165, 1.54) is 12.1 Å². The summed E-state index contributed by atoms with van der Waals surface area (Å²) < 4.78 is 58.3. The summed E-state index contributed by atoms with van der Waals surface area (Å²) in [5.74, 6) is -7.19. The minimum atomic E-state index is -3.66. The molecule has 2 heterocycles. The Labute approximate surface area is 176 Å². The van der Waals surface area contributed by atoms with Gasteiger partial charge in [0.2, 0.25) is 21.7 Å². The van der Waals surface area contributed by atoms with Crippen molar-refractivity contribution < 1.29 is 36.9 Å². The summed E-state index contributed by atoms with van der Waals surface area (Å²) in [4.78, 5) is 19.2. The van der Waals surface area contributed by atoms with Crippen LogP contribution in [0.15, 0.2) is 30.3 Å². The first-order chi connectivity index (χ1) is 14.5. The molecule has 13 heteroatoms. The molecule has 2 aromatic rings. The molecule has 1 saturated heterocycles. The Kier molecular flexibility index (Phi) is 6.38. The molecule has 1 fully saturated rings. The number of halogens is 2. The molecule has 0 atom stereocenters. The maximum absolute atomic E-state index is 14.0. The second kappa shape index (κ2) is 8.69. The number of ether oxygens (including phenoxy) is 1. The molecule has 3 rings (SSSR count). The Morgan fingerprint density at radius 1 is 1.29 bits per heavy atom. The number of aliphatic hydroxyl groups excluding tert-OH is 1. The zero-order chi connectivity index (χ0) is 22.8. The smallest absolute Gasteiger partial charge is 0.345 e. The number of aromatic carboxylic acids is 1. The van der Waals surface area contributed by atoms with Crippen LogP contribution in [0.25, 0.3) is 0 Å². The number of rotatable bonds is 9. The van der Waals surface area contributed by atoms with Crippen molar-refractivity contribution in [2.45, 2.75) is 18.9 Å². The number of carbonyl (C=O) groups is 1. The van der Waals surface area contributed by atoms with Gasteiger partial charge in [0.25, 0.3) is 0 Å². The van der Waals surface area contributed by atoms with Crippen LogP contribution < -0.4 is 10.1 Å². The van der Waals surface area contributed by atoms with Crippen molar-refractivity contribution in [1.82, 2.24) is 14.3 Å². The summed E-state index contributed by atoms with van der Waals surface area (Å²) in [5.41, 5.74) is -0.562. The third-order valence-corrected chi connectivity index (χ3v) is 6.15. The molecule has 1 aliphatic heterocycles. The van der Waals surface area contributed by atoms with Gasteiger partial charge < -0.3 is 20.3 Å². The van der Waals surface area contributed by atoms with E-state index in [9.17, 15) is 27.1 Å². The Balaban J connectivity index is 1.93. The molecule has 1 aliphatic rings. The molecular weight excluding hydrogens is 438 g/mol. The molecule has 1 aromatic carbocycles. The lowest BCUT2D eigenvalue weighted by Crippen LogP contribution is -2.57. The molecule has 0 unspecified atom stereocenters. The first kappa shape index (κ1) is 22.8. The summed E-state index contributed by atoms with van der Waals surface area (Å²) in [5, 5.41) is 21.2. The van der Waals surface area contributed by atoms with E-state index in [4.69, 9.17) is 9.84 Å². The summed E-state index contributed by atoms with van der Waals surface area (Å²) in [6.45, 7) is -0.0667. The van der Waals surface area contributed by atoms with E-state index in [0.717, 1.165) is 4.31 Å². The average molecular weight is 458 g/mol. The topological polar surface area (TPSA) is 142 Å². The van der Waals surface area contributed by atoms with Crippen molar-refractivity contribution >= 4 is 21.8 Å². The molecule has 168 valence electrons. The zero-order valence-corrected chi connectivity index (χ0v) is 17.1. The Morgan fingerprint density at radius 3 is 2.48 bits per heavy atom. The van der Waals surface area contributed by atoms with Gasteiger partial charge in [-0.1, -0.05) is 18.2 Å². The standard InChI is InChI=1S/C18H20F2N4O6S/c1-18(19,20)17-22-14(21-11-9-24(10-11)31(28,29)8-7-25)13(16(26)27)15(23-17)30-12-5-3-2-4-6-12/h2-6,11,25H,7-10H2,1H3,(H,26,27)(H,21,22,23). The van der Waals surface area contributed by atoms with Gasteiger partial charge >= 0.3 is 11.9 Å². The van der Waals surface area contributed by atoms with E-state index in [0.29, 0.717) is 6.92 Å². The number of benzene rings is 1. The third-order valence-electron chi connectivity index (χ3n) is 4.37. The minimum absolute atomic E-state index is 0.0435. The van der Waals surface area contributed by atoms with Crippen molar-refractivity contribution in [3.63, 3.8) is 0 Å². The lowest BCUT2D eigenvalue weighted by molar-refractivity contribution is 0.00714. The van der Waals surface area contributed by atoms with Crippen LogP contribution in [0, 0.1) is 0 Å². The van der Waals surface area contributed by atoms with Gasteiger partial charge in [-0.3, -0.25) is 0 Å². The monoisotopic (exact) mass is 458 g/mol. The average Bonchev–Trinajstić information content (AvgIpc) is 2.63. The van der Waals surface area contributed by atoms with E-state index in [1.807, 2.05) is 0 Å². The fourth-order valence-electron chi connectivity index (χ4n) is 2.80. The van der Waals surface area contributed by atoms with Gasteiger partial charge in [0.1, 0.15) is 11.6 Å². The molecule has 0 bridgehead atoms. The molecule has 1 aromatic heterocycles. The minimum Gasteiger partial charge on any atom is -0.477 e. The molecule has 0 aliphatic carbocycles. The summed E-state index contributed by atoms with van der Waals surface area (Å²) in [6, 6.07) is 7.34. The highest BCUT2D eigenvalue weighted by molar-refractivity contribution is 7.89. The number of nitrogens with one attached hydrogen (secondary N) is 1. The number of carboxylic acid groups (broad SMARTS) is 1. The first-order valence-electron chi connectivity index (χ1n) is 9.13. The number of anilines is 1. The van der Waals surface area contributed by atoms with Crippen molar-refractivity contribution in [1.29, 1.82) is 0 Å². The molecule has 31 heavy (non-hydrogen) atoms. The predicted octanol–water partition coefficient (Wildman–Crippen LogP) is 1.50. The fourth-order valence-corrected chi connectivity index (χ4v) is 4.11. The number of carboxylic acids is 1. The first-order valence-corrected chi connectivity index (χ1v) is 10.7. The van der Waals surface area contributed by atoms with E-state index in [-0.39, 0.29) is 18.8 Å². The zero-order valence-electron chi connectivity index (χ0n) is 16.3. The predicted molar refractivity (Wildman–Crippen MR) is 105 cm³/mol. The van der Waals surface area contributed by atoms with Gasteiger partial charge in [-0.05, 0) is 12.1 Å². The van der Waals surface area contributed by atoms with Crippen LogP contribution in [0.4, 0.5) is 14.6 Å². The SMILES string of the molecule is CC(F)(F)c1nc(NC2CN(S(=O)(=O)CCO)C2)c(C(=O)O)c(Oc2ccccc2)n1. The number of aliphatic hydroxyl groups is 1. The molecule has 10 nitrogen and oxygen atoms in total. The van der Waals surface area contributed by atoms with Crippen LogP contribution in [-0.2, 0) is 15.9 Å². The van der Waals surface area contributed by atoms with Crippen molar-refractivity contribution in [2.24, 2.45) is 0 Å². The Hall–Kier alpha value is -2.90. The lowest BCUT2D eigenvalue weighted by Gasteiger charge is -2.38. The second-order valence-electron chi connectivity index (χ2n) is 6.88. The van der Waals surface area contributed by atoms with E-state index < -0.39 is 63.4 Å². The van der Waals surface area contributed by atoms with E-state index in [1.54, 1.807) is 18.2 Å². The maximum Gasteiger partial charge on any atom is 0.345 e. The number of sulfonamides is 1. The lowest BCUT2D eigenvalue weighted by atomic mass is 10.1. The third kappa shape index (κ3) is 5.24. The van der Waals surface area contributed by atoms with Crippen LogP contribution in [0.5, 0.6) is 11.6 Å². The molecule has 3 N–H and O–H groups in total. The number of hydrogen-bond acceptors (Lipinski definition) is 8. The van der Waals surface area contributed by atoms with Gasteiger partial charge in [0.05, 0.1) is 18.4 Å². The van der Waals surface area contributed by atoms with Crippen LogP contribution >= 0.6 is 0 Å². The van der Waals surface area contributed by atoms with Crippen LogP contribution in [0.1, 0.15) is 23.1 Å². The molecule has 0 saturated carbocycles. The highest BCUT2D eigenvalue weighted by Gasteiger charge is 2.38. The van der Waals surface area contributed by atoms with Gasteiger partial charge in [-0.15, -0.1) is 0 Å². The number of aromatic nitrogens is 2. The Morgan fingerprint density at radius 2 is 1.94 bits per heavy atom. The highest BCUT2D eigenvalue weighted by Crippen LogP contribution is 2.33. The summed E-state index contributed by atoms with van der Waals surface area (Å²) in [6.07, 6.45) is 0. The van der Waals surface area contributed by atoms with E-state index >= 15 is 0 Å². The maximum atomic E-state index is 14.0. The highest BCUT2D eigenvalue weighted by atomic mass is 32.2. The molecule has 0 spiro atoms. The quantitative estimate of drug-likeness (QED) is 0.509. The fraction of sp³-hybridized carbons (Fsp3) is 0.389. The normalized spacial score (nSPS) is 15.4. The van der Waals surface area contributed by atoms with Crippen LogP contribution in [0.3, 0.4) is 0 Å². The number of alkyl halides is 2. The largest absolute Gasteiger partial charge is 0.477 e. The van der Waals surface area contributed by atoms with Gasteiger partial charge in [0.15, 0.2) is 5.56 Å².